The summed E-state index contributed by atoms with van der Waals surface area (Å²) in [5.74, 6) is 1.31. The lowest BCUT2D eigenvalue weighted by Crippen LogP contribution is -2.47. The monoisotopic (exact) mass is 520 g/mol. The number of aromatic nitrogens is 3. The molecule has 10 heteroatoms. The van der Waals surface area contributed by atoms with Gasteiger partial charge in [-0.05, 0) is 25.1 Å². The Bertz CT molecular complexity index is 1430. The molecule has 2 aliphatic rings. The number of aryl methyl sites for hydroxylation is 2. The number of nitrogens with one attached hydrogen (secondary N) is 1. The number of anilines is 4. The van der Waals surface area contributed by atoms with Crippen LogP contribution in [0.3, 0.4) is 0 Å². The average molecular weight is 521 g/mol. The zero-order valence-electron chi connectivity index (χ0n) is 19.8. The molecule has 0 aliphatic carbocycles. The average Bonchev–Trinajstić information content (AvgIpc) is 3.52. The minimum atomic E-state index is -1.16. The molecule has 7 nitrogen and oxygen atoms in total. The highest BCUT2D eigenvalue weighted by Crippen LogP contribution is 2.33. The van der Waals surface area contributed by atoms with Crippen LogP contribution in [0, 0.1) is 12.7 Å². The molecular weight excluding hydrogens is 495 g/mol. The van der Waals surface area contributed by atoms with E-state index in [1.807, 2.05) is 0 Å². The molecule has 0 amide bonds. The molecule has 4 aromatic rings. The van der Waals surface area contributed by atoms with E-state index < -0.39 is 10.8 Å². The Morgan fingerprint density at radius 1 is 1.00 bits per heavy atom. The molecule has 2 aromatic carbocycles. The van der Waals surface area contributed by atoms with Gasteiger partial charge in [0.05, 0.1) is 22.2 Å². The molecule has 6 rings (SSSR count). The fraction of sp³-hybridized carbons (Fsp3) is 0.269. The van der Waals surface area contributed by atoms with Crippen molar-refractivity contribution in [1.82, 2.24) is 15.0 Å². The first-order valence-electron chi connectivity index (χ1n) is 11.9. The third-order valence-corrected chi connectivity index (χ3v) is 8.80. The number of halogens is 1. The van der Waals surface area contributed by atoms with E-state index in [1.54, 1.807) is 23.5 Å². The lowest BCUT2D eigenvalue weighted by atomic mass is 10.1. The summed E-state index contributed by atoms with van der Waals surface area (Å²) in [5, 5.41) is 6.31. The van der Waals surface area contributed by atoms with Gasteiger partial charge >= 0.3 is 0 Å². The van der Waals surface area contributed by atoms with Crippen molar-refractivity contribution >= 4 is 44.7 Å². The largest absolute Gasteiger partial charge is 0.345 e. The van der Waals surface area contributed by atoms with Crippen LogP contribution >= 0.6 is 11.3 Å². The summed E-state index contributed by atoms with van der Waals surface area (Å²) in [7, 11) is -1.16. The number of hydrogen-bond donors (Lipinski definition) is 1. The Hall–Kier alpha value is -3.37. The summed E-state index contributed by atoms with van der Waals surface area (Å²) in [5.41, 5.74) is 4.75. The number of piperazine rings is 1. The Morgan fingerprint density at radius 3 is 2.56 bits per heavy atom. The summed E-state index contributed by atoms with van der Waals surface area (Å²) in [6.07, 6.45) is 0.649. The van der Waals surface area contributed by atoms with Gasteiger partial charge in [-0.1, -0.05) is 35.9 Å². The van der Waals surface area contributed by atoms with Crippen molar-refractivity contribution in [3.8, 4) is 11.3 Å². The van der Waals surface area contributed by atoms with E-state index in [4.69, 9.17) is 15.0 Å². The summed E-state index contributed by atoms with van der Waals surface area (Å²) >= 11 is 1.66. The standard InChI is InChI=1S/C26H25FN6OS2/c1-17-5-7-18(8-6-17)22-16-35-26(30-22)33-12-10-32(11-13-33)25-29-21-9-14-36(34)23(21)24(31-25)28-20-4-2-3-19(27)15-20/h2-8,15-16H,9-14H2,1H3,(H,28,29,31). The fourth-order valence-electron chi connectivity index (χ4n) is 4.48. The van der Waals surface area contributed by atoms with E-state index in [2.05, 4.69) is 51.7 Å². The summed E-state index contributed by atoms with van der Waals surface area (Å²) in [6.45, 7) is 5.20. The molecule has 1 unspecified atom stereocenters. The SMILES string of the molecule is Cc1ccc(-c2csc(N3CCN(c4nc5c(c(Nc6cccc(F)c6)n4)S(=O)CC5)CC3)n2)cc1. The Labute approximate surface area is 215 Å². The second kappa shape index (κ2) is 9.59. The molecule has 2 aromatic heterocycles. The predicted octanol–water partition coefficient (Wildman–Crippen LogP) is 4.78. The van der Waals surface area contributed by atoms with Crippen molar-refractivity contribution in [2.75, 3.05) is 47.0 Å². The van der Waals surface area contributed by atoms with Crippen LogP contribution in [0.4, 0.5) is 27.0 Å². The molecule has 0 saturated carbocycles. The topological polar surface area (TPSA) is 74.2 Å². The highest BCUT2D eigenvalue weighted by atomic mass is 32.2. The van der Waals surface area contributed by atoms with Crippen molar-refractivity contribution in [3.05, 3.63) is 71.0 Å². The van der Waals surface area contributed by atoms with E-state index >= 15 is 0 Å². The third kappa shape index (κ3) is 4.58. The van der Waals surface area contributed by atoms with Crippen LogP contribution in [-0.4, -0.2) is 51.1 Å². The first kappa shape index (κ1) is 23.1. The maximum atomic E-state index is 13.7. The number of rotatable bonds is 5. The first-order valence-corrected chi connectivity index (χ1v) is 14.1. The highest BCUT2D eigenvalue weighted by Gasteiger charge is 2.29. The molecule has 2 aliphatic heterocycles. The molecule has 1 atom stereocenters. The highest BCUT2D eigenvalue weighted by molar-refractivity contribution is 7.85. The van der Waals surface area contributed by atoms with Crippen molar-refractivity contribution in [2.45, 2.75) is 18.2 Å². The number of fused-ring (bicyclic) bond motifs is 1. The first-order chi connectivity index (χ1) is 17.5. The third-order valence-electron chi connectivity index (χ3n) is 6.44. The van der Waals surface area contributed by atoms with Gasteiger partial charge in [0.25, 0.3) is 0 Å². The molecular formula is C26H25FN6OS2. The molecule has 1 fully saturated rings. The van der Waals surface area contributed by atoms with Crippen molar-refractivity contribution in [1.29, 1.82) is 0 Å². The van der Waals surface area contributed by atoms with Gasteiger partial charge in [-0.3, -0.25) is 4.21 Å². The molecule has 0 bridgehead atoms. The van der Waals surface area contributed by atoms with E-state index in [0.29, 0.717) is 34.5 Å². The maximum absolute atomic E-state index is 13.7. The Morgan fingerprint density at radius 2 is 1.78 bits per heavy atom. The Balaban J connectivity index is 1.19. The molecule has 0 spiro atoms. The van der Waals surface area contributed by atoms with Gasteiger partial charge < -0.3 is 15.1 Å². The normalized spacial score (nSPS) is 17.3. The lowest BCUT2D eigenvalue weighted by molar-refractivity contribution is 0.628. The quantitative estimate of drug-likeness (QED) is 0.406. The second-order valence-corrected chi connectivity index (χ2v) is 11.3. The summed E-state index contributed by atoms with van der Waals surface area (Å²) < 4.78 is 26.4. The second-order valence-electron chi connectivity index (χ2n) is 8.94. The van der Waals surface area contributed by atoms with Crippen molar-refractivity contribution < 1.29 is 8.60 Å². The summed E-state index contributed by atoms with van der Waals surface area (Å²) in [4.78, 5) is 19.5. The van der Waals surface area contributed by atoms with E-state index in [-0.39, 0.29) is 5.82 Å². The minimum Gasteiger partial charge on any atom is -0.345 e. The molecule has 0 radical (unpaired) electrons. The van der Waals surface area contributed by atoms with Crippen LogP contribution in [0.15, 0.2) is 58.8 Å². The molecule has 1 N–H and O–H groups in total. The molecule has 4 heterocycles. The number of thiazole rings is 1. The van der Waals surface area contributed by atoms with E-state index in [0.717, 1.165) is 48.3 Å². The predicted molar refractivity (Wildman–Crippen MR) is 143 cm³/mol. The van der Waals surface area contributed by atoms with Gasteiger partial charge in [0, 0.05) is 55.0 Å². The lowest BCUT2D eigenvalue weighted by Gasteiger charge is -2.34. The van der Waals surface area contributed by atoms with Crippen LogP contribution in [0.5, 0.6) is 0 Å². The van der Waals surface area contributed by atoms with E-state index in [9.17, 15) is 8.60 Å². The van der Waals surface area contributed by atoms with Crippen LogP contribution in [0.2, 0.25) is 0 Å². The van der Waals surface area contributed by atoms with Gasteiger partial charge in [-0.2, -0.15) is 4.98 Å². The maximum Gasteiger partial charge on any atom is 0.227 e. The number of hydrogen-bond acceptors (Lipinski definition) is 8. The Kier molecular flexibility index (Phi) is 6.14. The van der Waals surface area contributed by atoms with Gasteiger partial charge in [0.1, 0.15) is 10.7 Å². The zero-order valence-corrected chi connectivity index (χ0v) is 21.4. The van der Waals surface area contributed by atoms with Gasteiger partial charge in [-0.15, -0.1) is 11.3 Å². The van der Waals surface area contributed by atoms with E-state index in [1.165, 1.54) is 17.7 Å². The van der Waals surface area contributed by atoms with Gasteiger partial charge in [-0.25, -0.2) is 14.4 Å². The zero-order chi connectivity index (χ0) is 24.6. The molecule has 1 saturated heterocycles. The van der Waals surface area contributed by atoms with Crippen molar-refractivity contribution in [3.63, 3.8) is 0 Å². The van der Waals surface area contributed by atoms with Crippen LogP contribution in [0.1, 0.15) is 11.3 Å². The fourth-order valence-corrected chi connectivity index (χ4v) is 6.67. The number of nitrogens with zero attached hydrogens (tertiary/aromatic N) is 5. The molecule has 184 valence electrons. The minimum absolute atomic E-state index is 0.337. The molecule has 36 heavy (non-hydrogen) atoms. The summed E-state index contributed by atoms with van der Waals surface area (Å²) in [6, 6.07) is 14.6. The van der Waals surface area contributed by atoms with Crippen LogP contribution < -0.4 is 15.1 Å². The van der Waals surface area contributed by atoms with Gasteiger partial charge in [0.2, 0.25) is 5.95 Å². The smallest absolute Gasteiger partial charge is 0.227 e. The van der Waals surface area contributed by atoms with Crippen LogP contribution in [0.25, 0.3) is 11.3 Å². The van der Waals surface area contributed by atoms with Crippen molar-refractivity contribution in [2.24, 2.45) is 0 Å². The number of benzene rings is 2. The van der Waals surface area contributed by atoms with Crippen LogP contribution in [-0.2, 0) is 17.2 Å². The van der Waals surface area contributed by atoms with Gasteiger partial charge in [0.15, 0.2) is 10.9 Å².